The van der Waals surface area contributed by atoms with Gasteiger partial charge < -0.3 is 6.42 Å². The molecule has 2 atom stereocenters. The standard InChI is InChI=1S/C12H15OS.C5H10.3C4H9.Fe.Sn/c1-10-6-8-12(9-7-10)14(13)11-4-2-3-5-11;1-2-4-5-3-1;3*1-3-4-2;;/h4,6-9,11H,2-3,5H2,1H3;1-5H2;3*1,3-4H2,2H3;;/q-1;;;;;+2;+1/t11?,14-;;;;;;/m1....../s1. The fraction of sp³-hybridized carbons (Fsp3) is 0.759. The Bertz CT molecular complexity index is 541. The third-order valence-electron chi connectivity index (χ3n) is 6.55. The quantitative estimate of drug-likeness (QED) is 0.177. The second-order valence-electron chi connectivity index (χ2n) is 9.64. The molecule has 0 radical (unpaired) electrons. The molecule has 0 bridgehead atoms. The van der Waals surface area contributed by atoms with Gasteiger partial charge in [0.25, 0.3) is 0 Å². The Hall–Kier alpha value is 0.688. The van der Waals surface area contributed by atoms with Crippen LogP contribution in [0.4, 0.5) is 0 Å². The van der Waals surface area contributed by atoms with Gasteiger partial charge >= 0.3 is 109 Å². The van der Waals surface area contributed by atoms with E-state index in [1.165, 1.54) is 82.6 Å². The summed E-state index contributed by atoms with van der Waals surface area (Å²) in [6.07, 6.45) is 22.0. The third kappa shape index (κ3) is 16.9. The van der Waals surface area contributed by atoms with E-state index in [4.69, 9.17) is 0 Å². The van der Waals surface area contributed by atoms with E-state index >= 15 is 0 Å². The van der Waals surface area contributed by atoms with Crippen LogP contribution in [0.3, 0.4) is 0 Å². The molecule has 2 aliphatic carbocycles. The van der Waals surface area contributed by atoms with Crippen LogP contribution in [0.1, 0.15) is 116 Å². The fourth-order valence-corrected chi connectivity index (χ4v) is 15.2. The van der Waals surface area contributed by atoms with Crippen molar-refractivity contribution < 1.29 is 21.3 Å². The zero-order chi connectivity index (χ0) is 23.4. The van der Waals surface area contributed by atoms with Crippen LogP contribution >= 0.6 is 0 Å². The summed E-state index contributed by atoms with van der Waals surface area (Å²) in [5.74, 6) is 0. The predicted octanol–water partition coefficient (Wildman–Crippen LogP) is 9.69. The SMILES string of the molecule is C1CCCC1.CCC[CH2][Sn+]([CH2]CCC)[CH2]CCC.Cc1ccc([S@](=O)C2[CH-]CCC2)cc1.[Fe+2]. The zero-order valence-corrected chi connectivity index (χ0v) is 26.9. The van der Waals surface area contributed by atoms with E-state index in [-0.39, 0.29) is 22.3 Å². The molecule has 190 valence electrons. The summed E-state index contributed by atoms with van der Waals surface area (Å²) in [5.41, 5.74) is 1.22. The molecule has 33 heavy (non-hydrogen) atoms. The first-order valence-electron chi connectivity index (χ1n) is 13.8. The topological polar surface area (TPSA) is 17.1 Å². The Morgan fingerprint density at radius 3 is 1.64 bits per heavy atom. The molecule has 0 amide bonds. The van der Waals surface area contributed by atoms with Gasteiger partial charge in [-0.15, -0.1) is 0 Å². The maximum Gasteiger partial charge on any atom is 2.00 e. The van der Waals surface area contributed by atoms with Gasteiger partial charge in [-0.3, -0.25) is 4.21 Å². The molecule has 2 fully saturated rings. The fourth-order valence-electron chi connectivity index (χ4n) is 4.32. The van der Waals surface area contributed by atoms with Crippen LogP contribution < -0.4 is 0 Å². The largest absolute Gasteiger partial charge is 2.00 e. The van der Waals surface area contributed by atoms with Gasteiger partial charge in [-0.25, -0.2) is 0 Å². The number of unbranched alkanes of at least 4 members (excludes halogenated alkanes) is 3. The maximum absolute atomic E-state index is 12.0. The normalized spacial score (nSPS) is 17.8. The Morgan fingerprint density at radius 2 is 1.27 bits per heavy atom. The minimum absolute atomic E-state index is 0. The van der Waals surface area contributed by atoms with E-state index in [1.807, 2.05) is 31.2 Å². The van der Waals surface area contributed by atoms with Crippen LogP contribution in [0.5, 0.6) is 0 Å². The molecule has 0 N–H and O–H groups in total. The van der Waals surface area contributed by atoms with Crippen molar-refractivity contribution in [3.05, 3.63) is 36.2 Å². The summed E-state index contributed by atoms with van der Waals surface area (Å²) < 4.78 is 17.1. The number of hydrogen-bond donors (Lipinski definition) is 0. The van der Waals surface area contributed by atoms with Crippen LogP contribution in [0.15, 0.2) is 29.2 Å². The molecule has 4 heteroatoms. The summed E-state index contributed by atoms with van der Waals surface area (Å²) >= 11 is -0.839. The zero-order valence-electron chi connectivity index (χ0n) is 22.2. The predicted molar refractivity (Wildman–Crippen MR) is 148 cm³/mol. The van der Waals surface area contributed by atoms with Gasteiger partial charge in [0.15, 0.2) is 0 Å². The van der Waals surface area contributed by atoms with Crippen LogP contribution in [0.25, 0.3) is 0 Å². The van der Waals surface area contributed by atoms with Crippen molar-refractivity contribution in [2.75, 3.05) is 0 Å². The maximum atomic E-state index is 12.0. The first-order chi connectivity index (χ1) is 15.6. The van der Waals surface area contributed by atoms with Crippen molar-refractivity contribution in [1.82, 2.24) is 0 Å². The molecule has 2 aliphatic rings. The molecule has 1 aromatic rings. The van der Waals surface area contributed by atoms with Gasteiger partial charge in [0.1, 0.15) is 0 Å². The van der Waals surface area contributed by atoms with Gasteiger partial charge in [0.2, 0.25) is 0 Å². The minimum atomic E-state index is -0.839. The van der Waals surface area contributed by atoms with Gasteiger partial charge in [0, 0.05) is 15.7 Å². The van der Waals surface area contributed by atoms with E-state index in [0.29, 0.717) is 0 Å². The Labute approximate surface area is 227 Å². The Kier molecular flexibility index (Phi) is 23.6. The molecular formula is C29H52FeOSSn+2. The summed E-state index contributed by atoms with van der Waals surface area (Å²) in [5, 5.41) is 0.290. The number of rotatable bonds is 11. The summed E-state index contributed by atoms with van der Waals surface area (Å²) in [7, 11) is -0.823. The smallest absolute Gasteiger partial charge is 0.313 e. The number of benzene rings is 1. The van der Waals surface area contributed by atoms with Crippen molar-refractivity contribution in [3.63, 3.8) is 0 Å². The summed E-state index contributed by atoms with van der Waals surface area (Å²) in [4.78, 5) is 0.971. The van der Waals surface area contributed by atoms with Gasteiger partial charge in [0.05, 0.1) is 0 Å². The first-order valence-corrected chi connectivity index (χ1v) is 21.0. The van der Waals surface area contributed by atoms with Crippen molar-refractivity contribution in [3.8, 4) is 0 Å². The van der Waals surface area contributed by atoms with Crippen molar-refractivity contribution >= 4 is 30.6 Å². The molecule has 0 spiro atoms. The number of hydrogen-bond acceptors (Lipinski definition) is 1. The molecule has 3 rings (SSSR count). The molecule has 2 saturated carbocycles. The molecule has 1 unspecified atom stereocenters. The Balaban J connectivity index is 0.000000502. The second-order valence-corrected chi connectivity index (χ2v) is 19.9. The average Bonchev–Trinajstić information content (AvgIpc) is 3.56. The minimum Gasteiger partial charge on any atom is -0.313 e. The monoisotopic (exact) mass is 624 g/mol. The number of aryl methyl sites for hydroxylation is 1. The molecule has 0 saturated heterocycles. The van der Waals surface area contributed by atoms with Gasteiger partial charge in [-0.05, 0) is 19.1 Å². The van der Waals surface area contributed by atoms with Crippen LogP contribution in [0.2, 0.25) is 13.3 Å². The van der Waals surface area contributed by atoms with Gasteiger partial charge in [-0.2, -0.15) is 6.42 Å². The van der Waals surface area contributed by atoms with Gasteiger partial charge in [-0.1, -0.05) is 67.9 Å². The van der Waals surface area contributed by atoms with Crippen LogP contribution in [0, 0.1) is 13.3 Å². The van der Waals surface area contributed by atoms with Crippen molar-refractivity contribution in [2.24, 2.45) is 0 Å². The molecule has 0 aromatic heterocycles. The Morgan fingerprint density at radius 1 is 0.818 bits per heavy atom. The van der Waals surface area contributed by atoms with E-state index in [2.05, 4.69) is 27.2 Å². The summed E-state index contributed by atoms with van der Waals surface area (Å²) in [6, 6.07) is 8.03. The molecule has 1 nitrogen and oxygen atoms in total. The van der Waals surface area contributed by atoms with E-state index in [0.717, 1.165) is 17.7 Å². The first kappa shape index (κ1) is 33.7. The molecule has 0 heterocycles. The van der Waals surface area contributed by atoms with Crippen LogP contribution in [-0.4, -0.2) is 29.2 Å². The third-order valence-corrected chi connectivity index (χ3v) is 17.3. The second kappa shape index (κ2) is 23.1. The van der Waals surface area contributed by atoms with E-state index in [1.54, 1.807) is 13.3 Å². The molecular weight excluding hydrogens is 571 g/mol. The van der Waals surface area contributed by atoms with Crippen molar-refractivity contribution in [2.45, 2.75) is 141 Å². The van der Waals surface area contributed by atoms with Crippen LogP contribution in [-0.2, 0) is 27.9 Å². The molecule has 1 aromatic carbocycles. The van der Waals surface area contributed by atoms with E-state index in [9.17, 15) is 4.21 Å². The van der Waals surface area contributed by atoms with E-state index < -0.39 is 30.6 Å². The molecule has 0 aliphatic heterocycles. The van der Waals surface area contributed by atoms with Crippen molar-refractivity contribution in [1.29, 1.82) is 0 Å². The average molecular weight is 623 g/mol. The summed E-state index contributed by atoms with van der Waals surface area (Å²) in [6.45, 7) is 9.05.